The second-order valence-electron chi connectivity index (χ2n) is 7.99. The lowest BCUT2D eigenvalue weighted by atomic mass is 10.2. The highest BCUT2D eigenvalue weighted by atomic mass is 32.2. The van der Waals surface area contributed by atoms with Gasteiger partial charge in [0.1, 0.15) is 10.3 Å². The normalized spacial score (nSPS) is 23.0. The van der Waals surface area contributed by atoms with Crippen LogP contribution in [0.5, 0.6) is 0 Å². The summed E-state index contributed by atoms with van der Waals surface area (Å²) in [4.78, 5) is 23.0. The van der Waals surface area contributed by atoms with Gasteiger partial charge in [-0.05, 0) is 42.7 Å². The Morgan fingerprint density at radius 3 is 2.59 bits per heavy atom. The van der Waals surface area contributed by atoms with Gasteiger partial charge in [0.25, 0.3) is 15.9 Å². The lowest BCUT2D eigenvalue weighted by molar-refractivity contribution is -0.202. The molecule has 0 bridgehead atoms. The lowest BCUT2D eigenvalue weighted by Crippen LogP contribution is -2.61. The largest absolute Gasteiger partial charge is 0.350 e. The van der Waals surface area contributed by atoms with Gasteiger partial charge in [0, 0.05) is 49.9 Å². The van der Waals surface area contributed by atoms with Crippen molar-refractivity contribution in [3.63, 3.8) is 0 Å². The monoisotopic (exact) mass is 530 g/mol. The topological polar surface area (TPSA) is 135 Å². The van der Waals surface area contributed by atoms with Crippen LogP contribution >= 0.6 is 11.3 Å². The number of aromatic nitrogens is 1. The van der Waals surface area contributed by atoms with Crippen molar-refractivity contribution < 1.29 is 31.2 Å². The number of carbonyl (C=O) groups excluding carboxylic acids is 1. The first-order chi connectivity index (χ1) is 16.2. The summed E-state index contributed by atoms with van der Waals surface area (Å²) in [6, 6.07) is 5.42. The van der Waals surface area contributed by atoms with Gasteiger partial charge in [0.15, 0.2) is 6.29 Å². The number of hydroxylamine groups is 1. The summed E-state index contributed by atoms with van der Waals surface area (Å²) in [5.74, 6) is -0.753. The molecule has 0 aromatic carbocycles. The van der Waals surface area contributed by atoms with Crippen LogP contribution in [0.2, 0.25) is 0 Å². The molecule has 2 atom stereocenters. The van der Waals surface area contributed by atoms with E-state index < -0.39 is 38.3 Å². The number of carbonyl (C=O) groups is 1. The maximum Gasteiger partial charge on any atom is 0.263 e. The predicted molar refractivity (Wildman–Crippen MR) is 124 cm³/mol. The highest BCUT2D eigenvalue weighted by Gasteiger charge is 2.43. The van der Waals surface area contributed by atoms with E-state index in [2.05, 4.69) is 10.5 Å². The van der Waals surface area contributed by atoms with Crippen LogP contribution in [-0.2, 0) is 34.4 Å². The van der Waals surface area contributed by atoms with Crippen molar-refractivity contribution >= 4 is 37.3 Å². The number of nitrogens with one attached hydrogen (secondary N) is 1. The van der Waals surface area contributed by atoms with E-state index in [0.717, 1.165) is 49.5 Å². The maximum absolute atomic E-state index is 13.5. The van der Waals surface area contributed by atoms with E-state index in [1.165, 1.54) is 6.07 Å². The fourth-order valence-corrected chi connectivity index (χ4v) is 7.62. The standard InChI is InChI=1S/C20H26N4O7S3/c1-33(26,27)23-11-12-24(16(14-23)20(25)22-31-18-4-2-3-13-30-18)34(28,29)19-6-5-17(32-19)15-7-9-21-10-8-15/h5-10,16,18H,2-4,11-14H2,1H3,(H,22,25)/t16-,18?/m1/s1. The summed E-state index contributed by atoms with van der Waals surface area (Å²) in [5, 5.41) is 0. The quantitative estimate of drug-likeness (QED) is 0.524. The van der Waals surface area contributed by atoms with Crippen LogP contribution in [0, 0.1) is 0 Å². The second kappa shape index (κ2) is 10.4. The molecule has 0 spiro atoms. The third-order valence-electron chi connectivity index (χ3n) is 5.60. The van der Waals surface area contributed by atoms with Gasteiger partial charge < -0.3 is 4.74 Å². The number of thiophene rings is 1. The fraction of sp³-hybridized carbons (Fsp3) is 0.500. The number of amides is 1. The molecular formula is C20H26N4O7S3. The molecule has 0 saturated carbocycles. The molecule has 2 aromatic heterocycles. The van der Waals surface area contributed by atoms with Crippen molar-refractivity contribution in [1.82, 2.24) is 19.1 Å². The van der Waals surface area contributed by atoms with E-state index in [0.29, 0.717) is 13.0 Å². The molecule has 2 aliphatic rings. The van der Waals surface area contributed by atoms with Gasteiger partial charge in [-0.2, -0.15) is 8.61 Å². The van der Waals surface area contributed by atoms with E-state index in [4.69, 9.17) is 9.57 Å². The zero-order valence-corrected chi connectivity index (χ0v) is 20.9. The van der Waals surface area contributed by atoms with Crippen LogP contribution in [0.25, 0.3) is 10.4 Å². The Bertz CT molecular complexity index is 1210. The van der Waals surface area contributed by atoms with Gasteiger partial charge in [0.05, 0.1) is 6.26 Å². The Morgan fingerprint density at radius 2 is 1.91 bits per heavy atom. The van der Waals surface area contributed by atoms with Crippen molar-refractivity contribution in [3.8, 4) is 10.4 Å². The number of pyridine rings is 1. The third kappa shape index (κ3) is 5.64. The van der Waals surface area contributed by atoms with Gasteiger partial charge in [-0.3, -0.25) is 9.78 Å². The Morgan fingerprint density at radius 1 is 1.15 bits per heavy atom. The summed E-state index contributed by atoms with van der Waals surface area (Å²) < 4.78 is 58.9. The van der Waals surface area contributed by atoms with Crippen LogP contribution in [0.1, 0.15) is 19.3 Å². The maximum atomic E-state index is 13.5. The van der Waals surface area contributed by atoms with E-state index >= 15 is 0 Å². The summed E-state index contributed by atoms with van der Waals surface area (Å²) in [5.41, 5.74) is 3.10. The molecule has 2 aliphatic heterocycles. The van der Waals surface area contributed by atoms with Gasteiger partial charge >= 0.3 is 0 Å². The highest BCUT2D eigenvalue weighted by molar-refractivity contribution is 7.91. The van der Waals surface area contributed by atoms with Crippen molar-refractivity contribution in [1.29, 1.82) is 0 Å². The molecule has 2 fully saturated rings. The Labute approximate surface area is 202 Å². The van der Waals surface area contributed by atoms with Crippen LogP contribution in [-0.4, -0.2) is 81.2 Å². The average molecular weight is 531 g/mol. The van der Waals surface area contributed by atoms with E-state index in [-0.39, 0.29) is 23.8 Å². The molecule has 2 saturated heterocycles. The molecule has 14 heteroatoms. The number of nitrogens with zero attached hydrogens (tertiary/aromatic N) is 3. The molecule has 1 amide bonds. The summed E-state index contributed by atoms with van der Waals surface area (Å²) in [6.07, 6.45) is 6.00. The molecule has 4 rings (SSSR count). The minimum absolute atomic E-state index is 0.0569. The first-order valence-electron chi connectivity index (χ1n) is 10.7. The minimum atomic E-state index is -4.09. The van der Waals surface area contributed by atoms with E-state index in [1.807, 2.05) is 0 Å². The van der Waals surface area contributed by atoms with Crippen molar-refractivity contribution in [2.24, 2.45) is 0 Å². The van der Waals surface area contributed by atoms with E-state index in [1.54, 1.807) is 30.6 Å². The molecule has 4 heterocycles. The summed E-state index contributed by atoms with van der Waals surface area (Å²) >= 11 is 1.07. The average Bonchev–Trinajstić information content (AvgIpc) is 3.34. The van der Waals surface area contributed by atoms with Crippen LogP contribution in [0.15, 0.2) is 40.9 Å². The molecule has 34 heavy (non-hydrogen) atoms. The number of piperazine rings is 1. The van der Waals surface area contributed by atoms with Gasteiger partial charge in [0.2, 0.25) is 10.0 Å². The molecule has 2 aromatic rings. The Hall–Kier alpha value is -1.94. The highest BCUT2D eigenvalue weighted by Crippen LogP contribution is 2.33. The first-order valence-corrected chi connectivity index (χ1v) is 14.8. The molecule has 0 aliphatic carbocycles. The molecule has 186 valence electrons. The molecule has 1 unspecified atom stereocenters. The van der Waals surface area contributed by atoms with E-state index in [9.17, 15) is 21.6 Å². The third-order valence-corrected chi connectivity index (χ3v) is 10.4. The Balaban J connectivity index is 1.57. The number of ether oxygens (including phenoxy) is 1. The summed E-state index contributed by atoms with van der Waals surface area (Å²) in [6.45, 7) is -0.0428. The molecule has 0 radical (unpaired) electrons. The smallest absolute Gasteiger partial charge is 0.263 e. The number of hydrogen-bond donors (Lipinski definition) is 1. The summed E-state index contributed by atoms with van der Waals surface area (Å²) in [7, 11) is -7.72. The van der Waals surface area contributed by atoms with Gasteiger partial charge in [-0.25, -0.2) is 27.2 Å². The zero-order valence-electron chi connectivity index (χ0n) is 18.5. The number of rotatable bonds is 7. The fourth-order valence-electron chi connectivity index (χ4n) is 3.79. The molecular weight excluding hydrogens is 504 g/mol. The minimum Gasteiger partial charge on any atom is -0.350 e. The lowest BCUT2D eigenvalue weighted by Gasteiger charge is -2.38. The molecule has 11 nitrogen and oxygen atoms in total. The van der Waals surface area contributed by atoms with Crippen molar-refractivity contribution in [2.45, 2.75) is 35.8 Å². The van der Waals surface area contributed by atoms with Gasteiger partial charge in [-0.1, -0.05) is 0 Å². The number of sulfonamides is 2. The van der Waals surface area contributed by atoms with Crippen molar-refractivity contribution in [3.05, 3.63) is 36.7 Å². The van der Waals surface area contributed by atoms with Crippen LogP contribution in [0.4, 0.5) is 0 Å². The number of hydrogen-bond acceptors (Lipinski definition) is 9. The Kier molecular flexibility index (Phi) is 7.66. The van der Waals surface area contributed by atoms with Gasteiger partial charge in [-0.15, -0.1) is 11.3 Å². The zero-order chi connectivity index (χ0) is 24.3. The first kappa shape index (κ1) is 25.2. The molecule has 1 N–H and O–H groups in total. The van der Waals surface area contributed by atoms with Crippen molar-refractivity contribution in [2.75, 3.05) is 32.5 Å². The predicted octanol–water partition coefficient (Wildman–Crippen LogP) is 1.02. The van der Waals surface area contributed by atoms with Crippen LogP contribution in [0.3, 0.4) is 0 Å². The SMILES string of the molecule is CS(=O)(=O)N1CCN(S(=O)(=O)c2ccc(-c3ccncc3)s2)[C@@H](C(=O)NOC2CCCCO2)C1. The second-order valence-corrected chi connectivity index (χ2v) is 13.2. The van der Waals surface area contributed by atoms with Crippen LogP contribution < -0.4 is 5.48 Å².